The molecule has 7 heteroatoms. The Morgan fingerprint density at radius 3 is 2.18 bits per heavy atom. The van der Waals surface area contributed by atoms with Crippen LogP contribution in [-0.2, 0) is 0 Å². The Hall–Kier alpha value is -1.82. The molecule has 0 radical (unpaired) electrons. The second-order valence-electron chi connectivity index (χ2n) is 4.56. The van der Waals surface area contributed by atoms with E-state index in [1.165, 1.54) is 0 Å². The minimum atomic E-state index is -0.284. The third-order valence-electron chi connectivity index (χ3n) is 2.72. The summed E-state index contributed by atoms with van der Waals surface area (Å²) in [6.07, 6.45) is 0. The van der Waals surface area contributed by atoms with Gasteiger partial charge in [0.1, 0.15) is 0 Å². The van der Waals surface area contributed by atoms with Crippen molar-refractivity contribution in [2.24, 2.45) is 0 Å². The molecule has 0 unspecified atom stereocenters. The number of thiocarbonyl (C=S) groups is 1. The van der Waals surface area contributed by atoms with Gasteiger partial charge < -0.3 is 5.32 Å². The molecule has 1 amide bonds. The fraction of sp³-hybridized carbons (Fsp3) is 0.0667. The minimum Gasteiger partial charge on any atom is -0.331 e. The summed E-state index contributed by atoms with van der Waals surface area (Å²) in [5.74, 6) is -0.284. The average Bonchev–Trinajstić information content (AvgIpc) is 2.44. The Labute approximate surface area is 143 Å². The molecule has 0 bridgehead atoms. The Balaban J connectivity index is 1.89. The molecule has 0 aliphatic carbocycles. The molecule has 2 rings (SSSR count). The molecule has 0 aliphatic rings. The predicted molar refractivity (Wildman–Crippen MR) is 94.5 cm³/mol. The van der Waals surface area contributed by atoms with E-state index in [0.717, 1.165) is 5.56 Å². The number of nitrogens with one attached hydrogen (secondary N) is 3. The highest BCUT2D eigenvalue weighted by molar-refractivity contribution is 7.80. The molecule has 0 saturated carbocycles. The first-order valence-corrected chi connectivity index (χ1v) is 7.50. The molecule has 22 heavy (non-hydrogen) atoms. The van der Waals surface area contributed by atoms with Crippen LogP contribution < -0.4 is 16.2 Å². The van der Waals surface area contributed by atoms with Gasteiger partial charge in [-0.05, 0) is 49.5 Å². The number of anilines is 1. The summed E-state index contributed by atoms with van der Waals surface area (Å²) in [5.41, 5.74) is 7.37. The van der Waals surface area contributed by atoms with Gasteiger partial charge in [-0.2, -0.15) is 0 Å². The topological polar surface area (TPSA) is 53.2 Å². The number of hydrogen-bond acceptors (Lipinski definition) is 2. The lowest BCUT2D eigenvalue weighted by atomic mass is 10.1. The van der Waals surface area contributed by atoms with Crippen LogP contribution in [0, 0.1) is 6.92 Å². The lowest BCUT2D eigenvalue weighted by Crippen LogP contribution is -2.43. The quantitative estimate of drug-likeness (QED) is 0.565. The monoisotopic (exact) mass is 353 g/mol. The number of rotatable bonds is 2. The van der Waals surface area contributed by atoms with Crippen molar-refractivity contribution in [1.82, 2.24) is 10.9 Å². The SMILES string of the molecule is Cc1ccc(C(=O)NNC(=S)Nc2cc(Cl)cc(Cl)c2)cc1. The zero-order valence-corrected chi connectivity index (χ0v) is 13.9. The molecule has 0 heterocycles. The van der Waals surface area contributed by atoms with Crippen molar-refractivity contribution in [3.05, 3.63) is 63.6 Å². The van der Waals surface area contributed by atoms with Crippen molar-refractivity contribution in [2.45, 2.75) is 6.92 Å². The molecule has 0 fully saturated rings. The average molecular weight is 354 g/mol. The number of amides is 1. The van der Waals surface area contributed by atoms with E-state index >= 15 is 0 Å². The molecule has 0 aliphatic heterocycles. The second kappa shape index (κ2) is 7.45. The summed E-state index contributed by atoms with van der Waals surface area (Å²) in [7, 11) is 0. The van der Waals surface area contributed by atoms with Crippen molar-refractivity contribution < 1.29 is 4.79 Å². The van der Waals surface area contributed by atoms with Crippen molar-refractivity contribution in [3.63, 3.8) is 0 Å². The molecule has 2 aromatic rings. The van der Waals surface area contributed by atoms with E-state index in [-0.39, 0.29) is 11.0 Å². The third-order valence-corrected chi connectivity index (χ3v) is 3.36. The fourth-order valence-corrected chi connectivity index (χ4v) is 2.37. The van der Waals surface area contributed by atoms with Crippen molar-refractivity contribution in [1.29, 1.82) is 0 Å². The molecule has 2 aromatic carbocycles. The van der Waals surface area contributed by atoms with Crippen LogP contribution in [0.3, 0.4) is 0 Å². The van der Waals surface area contributed by atoms with Gasteiger partial charge in [0.15, 0.2) is 5.11 Å². The van der Waals surface area contributed by atoms with Gasteiger partial charge in [0, 0.05) is 21.3 Å². The van der Waals surface area contributed by atoms with E-state index in [1.54, 1.807) is 30.3 Å². The Morgan fingerprint density at radius 2 is 1.59 bits per heavy atom. The smallest absolute Gasteiger partial charge is 0.269 e. The van der Waals surface area contributed by atoms with Crippen molar-refractivity contribution in [3.8, 4) is 0 Å². The van der Waals surface area contributed by atoms with E-state index in [1.807, 2.05) is 19.1 Å². The van der Waals surface area contributed by atoms with E-state index in [2.05, 4.69) is 16.2 Å². The summed E-state index contributed by atoms with van der Waals surface area (Å²) in [6.45, 7) is 1.95. The van der Waals surface area contributed by atoms with E-state index in [9.17, 15) is 4.79 Å². The van der Waals surface area contributed by atoms with Crippen molar-refractivity contribution >= 4 is 52.1 Å². The van der Waals surface area contributed by atoms with Gasteiger partial charge >= 0.3 is 0 Å². The summed E-state index contributed by atoms with van der Waals surface area (Å²) in [5, 5.41) is 4.07. The molecule has 0 aromatic heterocycles. The number of halogens is 2. The summed E-state index contributed by atoms with van der Waals surface area (Å²) in [4.78, 5) is 11.9. The number of benzene rings is 2. The Kier molecular flexibility index (Phi) is 5.60. The van der Waals surface area contributed by atoms with E-state index in [0.29, 0.717) is 21.3 Å². The first-order chi connectivity index (χ1) is 10.4. The van der Waals surface area contributed by atoms with Gasteiger partial charge in [-0.15, -0.1) is 0 Å². The molecule has 114 valence electrons. The zero-order chi connectivity index (χ0) is 16.1. The van der Waals surface area contributed by atoms with Crippen LogP contribution in [0.1, 0.15) is 15.9 Å². The maximum absolute atomic E-state index is 11.9. The van der Waals surface area contributed by atoms with Gasteiger partial charge in [0.25, 0.3) is 5.91 Å². The van der Waals surface area contributed by atoms with Gasteiger partial charge in [0.05, 0.1) is 0 Å². The Morgan fingerprint density at radius 1 is 1.00 bits per heavy atom. The van der Waals surface area contributed by atoms with Crippen LogP contribution in [0.4, 0.5) is 5.69 Å². The number of hydrazine groups is 1. The van der Waals surface area contributed by atoms with Gasteiger partial charge in [0.2, 0.25) is 0 Å². The highest BCUT2D eigenvalue weighted by Crippen LogP contribution is 2.22. The summed E-state index contributed by atoms with van der Waals surface area (Å²) >= 11 is 16.9. The Bertz CT molecular complexity index is 684. The summed E-state index contributed by atoms with van der Waals surface area (Å²) in [6, 6.07) is 12.1. The second-order valence-corrected chi connectivity index (χ2v) is 5.84. The normalized spacial score (nSPS) is 9.95. The number of carbonyl (C=O) groups is 1. The van der Waals surface area contributed by atoms with Gasteiger partial charge in [-0.3, -0.25) is 15.6 Å². The fourth-order valence-electron chi connectivity index (χ4n) is 1.68. The standard InChI is InChI=1S/C15H13Cl2N3OS/c1-9-2-4-10(5-3-9)14(21)19-20-15(22)18-13-7-11(16)6-12(17)8-13/h2-8H,1H3,(H,19,21)(H2,18,20,22). The van der Waals surface area contributed by atoms with E-state index in [4.69, 9.17) is 35.4 Å². The van der Waals surface area contributed by atoms with Crippen molar-refractivity contribution in [2.75, 3.05) is 5.32 Å². The van der Waals surface area contributed by atoms with Crippen LogP contribution in [0.15, 0.2) is 42.5 Å². The highest BCUT2D eigenvalue weighted by Gasteiger charge is 2.06. The largest absolute Gasteiger partial charge is 0.331 e. The van der Waals surface area contributed by atoms with Crippen LogP contribution in [0.5, 0.6) is 0 Å². The van der Waals surface area contributed by atoms with Crippen LogP contribution >= 0.6 is 35.4 Å². The third kappa shape index (κ3) is 4.87. The number of aryl methyl sites for hydroxylation is 1. The molecular formula is C15H13Cl2N3OS. The van der Waals surface area contributed by atoms with E-state index < -0.39 is 0 Å². The molecular weight excluding hydrogens is 341 g/mol. The molecule has 3 N–H and O–H groups in total. The van der Waals surface area contributed by atoms with Crippen LogP contribution in [0.2, 0.25) is 10.0 Å². The van der Waals surface area contributed by atoms with Crippen LogP contribution in [-0.4, -0.2) is 11.0 Å². The first-order valence-electron chi connectivity index (χ1n) is 6.34. The molecule has 0 spiro atoms. The lowest BCUT2D eigenvalue weighted by molar-refractivity contribution is 0.0944. The molecule has 4 nitrogen and oxygen atoms in total. The lowest BCUT2D eigenvalue weighted by Gasteiger charge is -2.12. The van der Waals surface area contributed by atoms with Gasteiger partial charge in [-0.1, -0.05) is 40.9 Å². The number of hydrogen-bond donors (Lipinski definition) is 3. The minimum absolute atomic E-state index is 0.221. The maximum Gasteiger partial charge on any atom is 0.269 e. The zero-order valence-electron chi connectivity index (χ0n) is 11.6. The molecule has 0 saturated heterocycles. The highest BCUT2D eigenvalue weighted by atomic mass is 35.5. The van der Waals surface area contributed by atoms with Crippen LogP contribution in [0.25, 0.3) is 0 Å². The molecule has 0 atom stereocenters. The number of carbonyl (C=O) groups excluding carboxylic acids is 1. The predicted octanol–water partition coefficient (Wildman–Crippen LogP) is 3.93. The maximum atomic E-state index is 11.9. The van der Waals surface area contributed by atoms with Gasteiger partial charge in [-0.25, -0.2) is 0 Å². The first kappa shape index (κ1) is 16.5. The summed E-state index contributed by atoms with van der Waals surface area (Å²) < 4.78 is 0.